The average Bonchev–Trinajstić information content (AvgIpc) is 2.26. The van der Waals surface area contributed by atoms with Gasteiger partial charge in [0.15, 0.2) is 0 Å². The predicted octanol–water partition coefficient (Wildman–Crippen LogP) is 2.86. The second-order valence-electron chi connectivity index (χ2n) is 4.99. The fourth-order valence-corrected chi connectivity index (χ4v) is 1.93. The Hall–Kier alpha value is -1.81. The Morgan fingerprint density at radius 3 is 2.38 bits per heavy atom. The molecule has 0 unspecified atom stereocenters. The van der Waals surface area contributed by atoms with Crippen molar-refractivity contribution in [1.29, 1.82) is 0 Å². The van der Waals surface area contributed by atoms with Crippen LogP contribution in [0.5, 0.6) is 0 Å². The van der Waals surface area contributed by atoms with E-state index in [0.717, 1.165) is 11.2 Å². The minimum Gasteiger partial charge on any atom is -0.108 e. The molecule has 0 fully saturated rings. The molecule has 0 bridgehead atoms. The van der Waals surface area contributed by atoms with E-state index in [1.807, 2.05) is 16.7 Å². The lowest BCUT2D eigenvalue weighted by atomic mass is 9.90. The molecule has 0 N–H and O–H groups in total. The van der Waals surface area contributed by atoms with Gasteiger partial charge in [0, 0.05) is 22.9 Å². The maximum Gasteiger partial charge on any atom is 0.228 e. The van der Waals surface area contributed by atoms with Crippen molar-refractivity contribution in [3.8, 4) is 12.5 Å². The summed E-state index contributed by atoms with van der Waals surface area (Å²) in [5, 5.41) is 1.17. The number of benzene rings is 1. The molecular weight excluding hydrogens is 194 g/mol. The molecule has 2 rings (SSSR count). The molecule has 0 spiro atoms. The van der Waals surface area contributed by atoms with Crippen molar-refractivity contribution in [3.63, 3.8) is 0 Å². The van der Waals surface area contributed by atoms with E-state index in [4.69, 9.17) is 6.42 Å². The molecule has 80 valence electrons. The Bertz CT molecular complexity index is 568. The van der Waals surface area contributed by atoms with Crippen molar-refractivity contribution in [2.24, 2.45) is 0 Å². The zero-order valence-electron chi connectivity index (χ0n) is 9.99. The lowest BCUT2D eigenvalue weighted by Crippen LogP contribution is -2.40. The monoisotopic (exact) mass is 210 g/mol. The highest BCUT2D eigenvalue weighted by molar-refractivity contribution is 5.75. The van der Waals surface area contributed by atoms with Crippen LogP contribution >= 0.6 is 0 Å². The second kappa shape index (κ2) is 3.64. The van der Waals surface area contributed by atoms with Gasteiger partial charge in [-0.1, -0.05) is 32.9 Å². The highest BCUT2D eigenvalue weighted by Crippen LogP contribution is 2.21. The first-order chi connectivity index (χ1) is 7.54. The molecule has 0 aliphatic carbocycles. The molecule has 0 atom stereocenters. The molecule has 0 radical (unpaired) electrons. The molecule has 0 amide bonds. The summed E-state index contributed by atoms with van der Waals surface area (Å²) in [5.74, 6) is 0. The number of hydrogen-bond acceptors (Lipinski definition) is 0. The van der Waals surface area contributed by atoms with Gasteiger partial charge in [0.2, 0.25) is 17.3 Å². The van der Waals surface area contributed by atoms with Crippen LogP contribution in [0.1, 0.15) is 26.5 Å². The first kappa shape index (κ1) is 10.7. The minimum absolute atomic E-state index is 0.0520. The summed E-state index contributed by atoms with van der Waals surface area (Å²) in [4.78, 5) is 0. The van der Waals surface area contributed by atoms with Gasteiger partial charge in [-0.15, -0.1) is 4.57 Å². The van der Waals surface area contributed by atoms with Gasteiger partial charge in [-0.25, -0.2) is 0 Å². The lowest BCUT2D eigenvalue weighted by Gasteiger charge is -2.14. The summed E-state index contributed by atoms with van der Waals surface area (Å²) in [6, 6.07) is 15.2. The molecule has 1 aromatic carbocycles. The summed E-state index contributed by atoms with van der Waals surface area (Å²) in [5.41, 5.74) is 2.31. The highest BCUT2D eigenvalue weighted by atomic mass is 15.0. The quantitative estimate of drug-likeness (QED) is 0.465. The van der Waals surface area contributed by atoms with Crippen LogP contribution in [0.25, 0.3) is 10.9 Å². The van der Waals surface area contributed by atoms with Gasteiger partial charge < -0.3 is 0 Å². The van der Waals surface area contributed by atoms with Gasteiger partial charge in [-0.3, -0.25) is 0 Å². The molecule has 0 aliphatic heterocycles. The molecule has 1 nitrogen and oxygen atoms in total. The predicted molar refractivity (Wildman–Crippen MR) is 67.1 cm³/mol. The standard InChI is InChI=1S/C15H16N/c1-5-16-13-9-7-6-8-12(13)10-11-14(16)15(2,3)4/h1,6-11H,2-4H3/q+1. The molecule has 0 saturated carbocycles. The minimum atomic E-state index is 0.0520. The van der Waals surface area contributed by atoms with E-state index >= 15 is 0 Å². The fourth-order valence-electron chi connectivity index (χ4n) is 1.93. The van der Waals surface area contributed by atoms with Crippen LogP contribution in [-0.2, 0) is 5.41 Å². The number of fused-ring (bicyclic) bond motifs is 1. The third kappa shape index (κ3) is 1.67. The highest BCUT2D eigenvalue weighted by Gasteiger charge is 2.26. The summed E-state index contributed by atoms with van der Waals surface area (Å²) < 4.78 is 1.94. The Morgan fingerprint density at radius 2 is 1.75 bits per heavy atom. The summed E-state index contributed by atoms with van der Waals surface area (Å²) in [6.45, 7) is 6.51. The molecule has 16 heavy (non-hydrogen) atoms. The van der Waals surface area contributed by atoms with Crippen LogP contribution in [0.15, 0.2) is 36.4 Å². The molecule has 0 saturated heterocycles. The van der Waals surface area contributed by atoms with Gasteiger partial charge in [0.25, 0.3) is 0 Å². The first-order valence-corrected chi connectivity index (χ1v) is 5.45. The van der Waals surface area contributed by atoms with Crippen LogP contribution in [-0.4, -0.2) is 0 Å². The van der Waals surface area contributed by atoms with E-state index in [1.165, 1.54) is 5.39 Å². The van der Waals surface area contributed by atoms with Crippen molar-refractivity contribution >= 4 is 10.9 Å². The number of pyridine rings is 1. The number of hydrogen-bond donors (Lipinski definition) is 0. The van der Waals surface area contributed by atoms with Crippen molar-refractivity contribution in [3.05, 3.63) is 42.1 Å². The Balaban J connectivity index is 2.85. The van der Waals surface area contributed by atoms with Crippen molar-refractivity contribution in [2.75, 3.05) is 0 Å². The van der Waals surface area contributed by atoms with E-state index in [-0.39, 0.29) is 5.41 Å². The zero-order chi connectivity index (χ0) is 11.8. The number of terminal acetylenes is 1. The Morgan fingerprint density at radius 1 is 1.06 bits per heavy atom. The lowest BCUT2D eigenvalue weighted by molar-refractivity contribution is -0.568. The summed E-state index contributed by atoms with van der Waals surface area (Å²) in [7, 11) is 0. The van der Waals surface area contributed by atoms with E-state index in [1.54, 1.807) is 0 Å². The molecule has 1 heterocycles. The Labute approximate surface area is 96.7 Å². The van der Waals surface area contributed by atoms with Crippen molar-refractivity contribution in [1.82, 2.24) is 0 Å². The van der Waals surface area contributed by atoms with Gasteiger partial charge in [-0.2, -0.15) is 0 Å². The van der Waals surface area contributed by atoms with Crippen LogP contribution in [0.2, 0.25) is 0 Å². The summed E-state index contributed by atoms with van der Waals surface area (Å²) in [6.07, 6.45) is 5.63. The van der Waals surface area contributed by atoms with E-state index in [0.29, 0.717) is 0 Å². The molecule has 1 heteroatoms. The smallest absolute Gasteiger partial charge is 0.108 e. The third-order valence-corrected chi connectivity index (χ3v) is 2.74. The van der Waals surface area contributed by atoms with Crippen LogP contribution in [0, 0.1) is 12.5 Å². The zero-order valence-corrected chi connectivity index (χ0v) is 9.99. The van der Waals surface area contributed by atoms with Gasteiger partial charge >= 0.3 is 0 Å². The van der Waals surface area contributed by atoms with Crippen LogP contribution in [0.3, 0.4) is 0 Å². The topological polar surface area (TPSA) is 3.88 Å². The SMILES string of the molecule is C#C[n+]1c(C(C)(C)C)ccc2ccccc21. The Kier molecular flexibility index (Phi) is 2.44. The van der Waals surface area contributed by atoms with Crippen molar-refractivity contribution in [2.45, 2.75) is 26.2 Å². The van der Waals surface area contributed by atoms with E-state index in [2.05, 4.69) is 51.1 Å². The third-order valence-electron chi connectivity index (χ3n) is 2.74. The average molecular weight is 210 g/mol. The van der Waals surface area contributed by atoms with Gasteiger partial charge in [-0.05, 0) is 18.6 Å². The fraction of sp³-hybridized carbons (Fsp3) is 0.267. The van der Waals surface area contributed by atoms with Crippen LogP contribution < -0.4 is 4.57 Å². The number of rotatable bonds is 0. The maximum atomic E-state index is 5.63. The number of para-hydroxylation sites is 1. The summed E-state index contributed by atoms with van der Waals surface area (Å²) >= 11 is 0. The van der Waals surface area contributed by atoms with Gasteiger partial charge in [0.1, 0.15) is 0 Å². The number of aromatic nitrogens is 1. The van der Waals surface area contributed by atoms with Gasteiger partial charge in [0.05, 0.1) is 0 Å². The van der Waals surface area contributed by atoms with E-state index in [9.17, 15) is 0 Å². The molecular formula is C15H16N+. The maximum absolute atomic E-state index is 5.63. The molecule has 1 aromatic heterocycles. The van der Waals surface area contributed by atoms with E-state index < -0.39 is 0 Å². The largest absolute Gasteiger partial charge is 0.228 e. The first-order valence-electron chi connectivity index (χ1n) is 5.45. The van der Waals surface area contributed by atoms with Crippen molar-refractivity contribution < 1.29 is 4.57 Å². The number of nitrogens with zero attached hydrogens (tertiary/aromatic N) is 1. The molecule has 2 aromatic rings. The second-order valence-corrected chi connectivity index (χ2v) is 4.99. The van der Waals surface area contributed by atoms with Crippen LogP contribution in [0.4, 0.5) is 0 Å². The normalized spacial score (nSPS) is 11.4. The molecule has 0 aliphatic rings.